The monoisotopic (exact) mass is 242 g/mol. The molecule has 0 bridgehead atoms. The van der Waals surface area contributed by atoms with Crippen molar-refractivity contribution in [2.45, 2.75) is 18.9 Å². The van der Waals surface area contributed by atoms with E-state index in [0.29, 0.717) is 6.42 Å². The fourth-order valence-corrected chi connectivity index (χ4v) is 2.23. The van der Waals surface area contributed by atoms with Crippen LogP contribution in [0.25, 0.3) is 0 Å². The minimum absolute atomic E-state index is 0.0746. The van der Waals surface area contributed by atoms with Gasteiger partial charge in [0.1, 0.15) is 5.76 Å². The molecule has 0 radical (unpaired) electrons. The van der Waals surface area contributed by atoms with Crippen LogP contribution in [0.4, 0.5) is 5.69 Å². The lowest BCUT2D eigenvalue weighted by Crippen LogP contribution is -2.20. The number of rotatable bonds is 2. The van der Waals surface area contributed by atoms with Crippen LogP contribution in [0.3, 0.4) is 0 Å². The lowest BCUT2D eigenvalue weighted by atomic mass is 9.97. The van der Waals surface area contributed by atoms with Crippen LogP contribution in [-0.4, -0.2) is 5.91 Å². The predicted molar refractivity (Wildman–Crippen MR) is 68.1 cm³/mol. The molecule has 0 saturated carbocycles. The Bertz CT molecular complexity index is 575. The molecule has 4 nitrogen and oxygen atoms in total. The summed E-state index contributed by atoms with van der Waals surface area (Å²) in [7, 11) is 0. The van der Waals surface area contributed by atoms with E-state index in [1.807, 2.05) is 30.3 Å². The van der Waals surface area contributed by atoms with Crippen molar-refractivity contribution in [3.8, 4) is 0 Å². The van der Waals surface area contributed by atoms with E-state index < -0.39 is 0 Å². The standard InChI is InChI=1S/C14H14N2O2/c15-14(12-2-1-7-18-12)10-3-5-11-9(8-10)4-6-13(17)16-11/h1-3,5,7-8,14H,4,6,15H2,(H,16,17). The van der Waals surface area contributed by atoms with Gasteiger partial charge in [-0.05, 0) is 35.7 Å². The van der Waals surface area contributed by atoms with E-state index in [1.54, 1.807) is 6.26 Å². The highest BCUT2D eigenvalue weighted by Gasteiger charge is 2.18. The van der Waals surface area contributed by atoms with Crippen molar-refractivity contribution in [3.63, 3.8) is 0 Å². The molecule has 2 aromatic rings. The minimum atomic E-state index is -0.261. The average molecular weight is 242 g/mol. The molecule has 1 aromatic carbocycles. The van der Waals surface area contributed by atoms with E-state index in [9.17, 15) is 4.79 Å². The Morgan fingerprint density at radius 1 is 1.28 bits per heavy atom. The van der Waals surface area contributed by atoms with Crippen molar-refractivity contribution in [2.75, 3.05) is 5.32 Å². The number of benzene rings is 1. The highest BCUT2D eigenvalue weighted by atomic mass is 16.3. The van der Waals surface area contributed by atoms with Gasteiger partial charge < -0.3 is 15.5 Å². The van der Waals surface area contributed by atoms with E-state index in [2.05, 4.69) is 5.32 Å². The Morgan fingerprint density at radius 3 is 2.94 bits per heavy atom. The molecule has 0 fully saturated rings. The van der Waals surface area contributed by atoms with Gasteiger partial charge in [0.2, 0.25) is 5.91 Å². The van der Waals surface area contributed by atoms with E-state index in [4.69, 9.17) is 10.2 Å². The first kappa shape index (κ1) is 11.0. The fourth-order valence-electron chi connectivity index (χ4n) is 2.23. The summed E-state index contributed by atoms with van der Waals surface area (Å²) in [5.41, 5.74) is 9.16. The maximum atomic E-state index is 11.3. The number of nitrogens with two attached hydrogens (primary N) is 1. The maximum Gasteiger partial charge on any atom is 0.224 e. The smallest absolute Gasteiger partial charge is 0.224 e. The van der Waals surface area contributed by atoms with Gasteiger partial charge in [-0.2, -0.15) is 0 Å². The topological polar surface area (TPSA) is 68.3 Å². The number of carbonyl (C=O) groups excluding carboxylic acids is 1. The van der Waals surface area contributed by atoms with Crippen LogP contribution in [0.1, 0.15) is 29.3 Å². The highest BCUT2D eigenvalue weighted by Crippen LogP contribution is 2.27. The van der Waals surface area contributed by atoms with Gasteiger partial charge >= 0.3 is 0 Å². The number of hydrogen-bond acceptors (Lipinski definition) is 3. The molecule has 1 aromatic heterocycles. The summed E-state index contributed by atoms with van der Waals surface area (Å²) in [6, 6.07) is 9.31. The van der Waals surface area contributed by atoms with Crippen molar-refractivity contribution < 1.29 is 9.21 Å². The molecule has 1 aliphatic rings. The molecule has 1 amide bonds. The van der Waals surface area contributed by atoms with Crippen molar-refractivity contribution in [1.82, 2.24) is 0 Å². The summed E-state index contributed by atoms with van der Waals surface area (Å²) in [5, 5.41) is 2.86. The van der Waals surface area contributed by atoms with Crippen LogP contribution < -0.4 is 11.1 Å². The molecule has 18 heavy (non-hydrogen) atoms. The number of fused-ring (bicyclic) bond motifs is 1. The third-order valence-electron chi connectivity index (χ3n) is 3.23. The first-order chi connectivity index (χ1) is 8.74. The second kappa shape index (κ2) is 4.31. The molecule has 0 aliphatic carbocycles. The van der Waals surface area contributed by atoms with Crippen LogP contribution in [-0.2, 0) is 11.2 Å². The molecular weight excluding hydrogens is 228 g/mol. The van der Waals surface area contributed by atoms with E-state index in [0.717, 1.165) is 29.0 Å². The first-order valence-electron chi connectivity index (χ1n) is 5.96. The van der Waals surface area contributed by atoms with Gasteiger partial charge in [-0.25, -0.2) is 0 Å². The zero-order valence-electron chi connectivity index (χ0n) is 9.85. The summed E-state index contributed by atoms with van der Waals surface area (Å²) >= 11 is 0. The SMILES string of the molecule is NC(c1ccc2c(c1)CCC(=O)N2)c1ccco1. The number of furan rings is 1. The second-order valence-electron chi connectivity index (χ2n) is 4.46. The van der Waals surface area contributed by atoms with Crippen LogP contribution in [0.15, 0.2) is 41.0 Å². The predicted octanol–water partition coefficient (Wildman–Crippen LogP) is 2.21. The molecule has 4 heteroatoms. The second-order valence-corrected chi connectivity index (χ2v) is 4.46. The number of anilines is 1. The van der Waals surface area contributed by atoms with Crippen LogP contribution in [0.5, 0.6) is 0 Å². The van der Waals surface area contributed by atoms with Crippen LogP contribution in [0.2, 0.25) is 0 Å². The average Bonchev–Trinajstić information content (AvgIpc) is 2.91. The Kier molecular flexibility index (Phi) is 2.64. The molecule has 1 unspecified atom stereocenters. The molecule has 0 saturated heterocycles. The van der Waals surface area contributed by atoms with Crippen molar-refractivity contribution >= 4 is 11.6 Å². The molecule has 2 heterocycles. The summed E-state index contributed by atoms with van der Waals surface area (Å²) in [6.07, 6.45) is 2.92. The number of hydrogen-bond donors (Lipinski definition) is 2. The summed E-state index contributed by atoms with van der Waals surface area (Å²) in [4.78, 5) is 11.3. The fraction of sp³-hybridized carbons (Fsp3) is 0.214. The van der Waals surface area contributed by atoms with E-state index in [-0.39, 0.29) is 11.9 Å². The summed E-state index contributed by atoms with van der Waals surface area (Å²) in [6.45, 7) is 0. The van der Waals surface area contributed by atoms with Gasteiger partial charge in [0.25, 0.3) is 0 Å². The van der Waals surface area contributed by atoms with Crippen molar-refractivity contribution in [2.24, 2.45) is 5.73 Å². The highest BCUT2D eigenvalue weighted by molar-refractivity contribution is 5.93. The quantitative estimate of drug-likeness (QED) is 0.848. The molecular formula is C14H14N2O2. The minimum Gasteiger partial charge on any atom is -0.467 e. The number of amides is 1. The first-order valence-corrected chi connectivity index (χ1v) is 5.96. The Hall–Kier alpha value is -2.07. The third kappa shape index (κ3) is 1.91. The zero-order valence-corrected chi connectivity index (χ0v) is 9.85. The Balaban J connectivity index is 1.93. The molecule has 92 valence electrons. The van der Waals surface area contributed by atoms with Gasteiger partial charge in [0.15, 0.2) is 0 Å². The van der Waals surface area contributed by atoms with Gasteiger partial charge in [-0.15, -0.1) is 0 Å². The number of carbonyl (C=O) groups is 1. The van der Waals surface area contributed by atoms with Crippen molar-refractivity contribution in [1.29, 1.82) is 0 Å². The van der Waals surface area contributed by atoms with Gasteiger partial charge in [-0.1, -0.05) is 12.1 Å². The Morgan fingerprint density at radius 2 is 2.17 bits per heavy atom. The van der Waals surface area contributed by atoms with Gasteiger partial charge in [-0.3, -0.25) is 4.79 Å². The maximum absolute atomic E-state index is 11.3. The normalized spacial score (nSPS) is 15.9. The summed E-state index contributed by atoms with van der Waals surface area (Å²) in [5.74, 6) is 0.820. The van der Waals surface area contributed by atoms with E-state index in [1.165, 1.54) is 0 Å². The summed E-state index contributed by atoms with van der Waals surface area (Å²) < 4.78 is 5.32. The molecule has 1 atom stereocenters. The molecule has 0 spiro atoms. The number of aryl methyl sites for hydroxylation is 1. The lowest BCUT2D eigenvalue weighted by molar-refractivity contribution is -0.116. The van der Waals surface area contributed by atoms with Crippen LogP contribution >= 0.6 is 0 Å². The lowest BCUT2D eigenvalue weighted by Gasteiger charge is -2.19. The van der Waals surface area contributed by atoms with Gasteiger partial charge in [0, 0.05) is 12.1 Å². The van der Waals surface area contributed by atoms with Crippen LogP contribution in [0, 0.1) is 0 Å². The number of nitrogens with one attached hydrogen (secondary N) is 1. The molecule has 3 rings (SSSR count). The van der Waals surface area contributed by atoms with Gasteiger partial charge in [0.05, 0.1) is 12.3 Å². The Labute approximate surface area is 105 Å². The van der Waals surface area contributed by atoms with E-state index >= 15 is 0 Å². The molecule has 3 N–H and O–H groups in total. The third-order valence-corrected chi connectivity index (χ3v) is 3.23. The van der Waals surface area contributed by atoms with Crippen molar-refractivity contribution in [3.05, 3.63) is 53.5 Å². The zero-order chi connectivity index (χ0) is 12.5. The molecule has 1 aliphatic heterocycles. The largest absolute Gasteiger partial charge is 0.467 e.